The van der Waals surface area contributed by atoms with E-state index in [-0.39, 0.29) is 22.7 Å². The van der Waals surface area contributed by atoms with Crippen LogP contribution < -0.4 is 11.0 Å². The van der Waals surface area contributed by atoms with Gasteiger partial charge in [0.1, 0.15) is 0 Å². The fraction of sp³-hybridized carbons (Fsp3) is 0.625. The molecular formula is C16H24N4O2S. The number of H-pyrrole nitrogens is 2. The molecule has 0 aliphatic heterocycles. The van der Waals surface area contributed by atoms with Gasteiger partial charge in [0.2, 0.25) is 5.91 Å². The number of amides is 1. The number of carbonyl (C=O) groups excluding carboxylic acids is 1. The zero-order valence-electron chi connectivity index (χ0n) is 13.9. The first-order valence-electron chi connectivity index (χ1n) is 7.91. The topological polar surface area (TPSA) is 90.1 Å². The van der Waals surface area contributed by atoms with Gasteiger partial charge in [-0.3, -0.25) is 14.6 Å². The van der Waals surface area contributed by atoms with E-state index in [1.54, 1.807) is 0 Å². The van der Waals surface area contributed by atoms with Crippen molar-refractivity contribution in [1.29, 1.82) is 0 Å². The van der Waals surface area contributed by atoms with Crippen LogP contribution in [-0.2, 0) is 11.2 Å². The molecule has 0 atom stereocenters. The van der Waals surface area contributed by atoms with E-state index in [2.05, 4.69) is 41.3 Å². The van der Waals surface area contributed by atoms with Gasteiger partial charge in [0.25, 0.3) is 5.56 Å². The number of hydrazone groups is 1. The summed E-state index contributed by atoms with van der Waals surface area (Å²) in [4.78, 5) is 28.4. The summed E-state index contributed by atoms with van der Waals surface area (Å²) in [5, 5.41) is 4.23. The summed E-state index contributed by atoms with van der Waals surface area (Å²) in [7, 11) is 0. The third kappa shape index (κ3) is 5.42. The lowest BCUT2D eigenvalue weighted by molar-refractivity contribution is -0.120. The van der Waals surface area contributed by atoms with Gasteiger partial charge in [-0.15, -0.1) is 0 Å². The van der Waals surface area contributed by atoms with E-state index in [0.29, 0.717) is 17.0 Å². The van der Waals surface area contributed by atoms with Gasteiger partial charge in [-0.1, -0.05) is 20.8 Å². The number of hydrogen-bond acceptors (Lipinski definition) is 4. The molecule has 2 rings (SSSR count). The fourth-order valence-electron chi connectivity index (χ4n) is 2.90. The van der Waals surface area contributed by atoms with E-state index in [1.165, 1.54) is 6.07 Å². The largest absolute Gasteiger partial charge is 0.335 e. The van der Waals surface area contributed by atoms with Gasteiger partial charge >= 0.3 is 0 Å². The van der Waals surface area contributed by atoms with Gasteiger partial charge in [-0.05, 0) is 49.2 Å². The van der Waals surface area contributed by atoms with Gasteiger partial charge in [0.15, 0.2) is 4.77 Å². The van der Waals surface area contributed by atoms with Crippen molar-refractivity contribution in [2.45, 2.75) is 52.9 Å². The monoisotopic (exact) mass is 336 g/mol. The normalized spacial score (nSPS) is 18.6. The standard InChI is InChI=1S/C16H24N4O2S/c1-16(2,3)10-4-6-11(7-5-10)19-20-14(22)9-12-8-13(21)18-15(23)17-12/h8,10H,4-7,9H2,1-3H3,(H,20,22)(H2,17,18,21,23). The highest BCUT2D eigenvalue weighted by Gasteiger charge is 2.28. The van der Waals surface area contributed by atoms with Crippen molar-refractivity contribution in [3.63, 3.8) is 0 Å². The van der Waals surface area contributed by atoms with Gasteiger partial charge in [-0.25, -0.2) is 5.43 Å². The Kier molecular flexibility index (Phi) is 5.51. The highest BCUT2D eigenvalue weighted by molar-refractivity contribution is 7.71. The summed E-state index contributed by atoms with van der Waals surface area (Å²) in [6.45, 7) is 6.81. The lowest BCUT2D eigenvalue weighted by Crippen LogP contribution is -2.28. The molecule has 23 heavy (non-hydrogen) atoms. The maximum absolute atomic E-state index is 11.9. The lowest BCUT2D eigenvalue weighted by atomic mass is 9.72. The molecule has 0 spiro atoms. The SMILES string of the molecule is CC(C)(C)C1CCC(=NNC(=O)Cc2cc(=O)[nH]c(=S)[nH]2)CC1. The Hall–Kier alpha value is -1.76. The first-order valence-corrected chi connectivity index (χ1v) is 8.31. The molecule has 1 heterocycles. The molecule has 126 valence electrons. The van der Waals surface area contributed by atoms with Gasteiger partial charge in [0, 0.05) is 17.5 Å². The quantitative estimate of drug-likeness (QED) is 0.585. The number of nitrogens with zero attached hydrogens (tertiary/aromatic N) is 1. The second kappa shape index (κ2) is 7.21. The van der Waals surface area contributed by atoms with Crippen molar-refractivity contribution < 1.29 is 4.79 Å². The minimum absolute atomic E-state index is 0.0506. The van der Waals surface area contributed by atoms with Crippen LogP contribution in [0.2, 0.25) is 0 Å². The smallest absolute Gasteiger partial charge is 0.251 e. The van der Waals surface area contributed by atoms with Crippen LogP contribution in [-0.4, -0.2) is 21.6 Å². The molecule has 1 aliphatic carbocycles. The number of aromatic amines is 2. The summed E-state index contributed by atoms with van der Waals surface area (Å²) in [5.74, 6) is 0.444. The van der Waals surface area contributed by atoms with Crippen LogP contribution in [0, 0.1) is 16.1 Å². The zero-order valence-corrected chi connectivity index (χ0v) is 14.7. The number of nitrogens with one attached hydrogen (secondary N) is 3. The second-order valence-electron chi connectivity index (χ2n) is 7.14. The van der Waals surface area contributed by atoms with Crippen molar-refractivity contribution in [1.82, 2.24) is 15.4 Å². The maximum atomic E-state index is 11.9. The van der Waals surface area contributed by atoms with Crippen LogP contribution >= 0.6 is 12.2 Å². The molecule has 1 amide bonds. The highest BCUT2D eigenvalue weighted by atomic mass is 32.1. The second-order valence-corrected chi connectivity index (χ2v) is 7.55. The average molecular weight is 336 g/mol. The van der Waals surface area contributed by atoms with E-state index >= 15 is 0 Å². The van der Waals surface area contributed by atoms with Crippen molar-refractivity contribution in [3.8, 4) is 0 Å². The molecule has 1 aliphatic rings. The van der Waals surface area contributed by atoms with Crippen LogP contribution in [0.15, 0.2) is 16.0 Å². The Labute approximate surface area is 140 Å². The van der Waals surface area contributed by atoms with E-state index in [1.807, 2.05) is 0 Å². The van der Waals surface area contributed by atoms with Crippen LogP contribution in [0.3, 0.4) is 0 Å². The van der Waals surface area contributed by atoms with Crippen LogP contribution in [0.5, 0.6) is 0 Å². The van der Waals surface area contributed by atoms with Crippen molar-refractivity contribution >= 4 is 23.8 Å². The molecule has 0 aromatic carbocycles. The maximum Gasteiger partial charge on any atom is 0.251 e. The molecule has 7 heteroatoms. The van der Waals surface area contributed by atoms with Crippen LogP contribution in [0.4, 0.5) is 0 Å². The molecule has 1 aromatic rings. The average Bonchev–Trinajstić information content (AvgIpc) is 2.43. The Morgan fingerprint density at radius 3 is 2.57 bits per heavy atom. The summed E-state index contributed by atoms with van der Waals surface area (Å²) in [6.07, 6.45) is 4.12. The molecule has 6 nitrogen and oxygen atoms in total. The third-order valence-electron chi connectivity index (χ3n) is 4.29. The number of rotatable bonds is 3. The van der Waals surface area contributed by atoms with Crippen LogP contribution in [0.1, 0.15) is 52.1 Å². The van der Waals surface area contributed by atoms with Crippen molar-refractivity contribution in [3.05, 3.63) is 26.9 Å². The van der Waals surface area contributed by atoms with Gasteiger partial charge in [-0.2, -0.15) is 5.10 Å². The molecule has 0 unspecified atom stereocenters. The predicted molar refractivity (Wildman–Crippen MR) is 92.9 cm³/mol. The highest BCUT2D eigenvalue weighted by Crippen LogP contribution is 2.36. The molecular weight excluding hydrogens is 312 g/mol. The van der Waals surface area contributed by atoms with Crippen molar-refractivity contribution in [2.75, 3.05) is 0 Å². The fourth-order valence-corrected chi connectivity index (χ4v) is 3.13. The Morgan fingerprint density at radius 2 is 2.00 bits per heavy atom. The van der Waals surface area contributed by atoms with Crippen molar-refractivity contribution in [2.24, 2.45) is 16.4 Å². The summed E-state index contributed by atoms with van der Waals surface area (Å²) in [5.41, 5.74) is 4.11. The van der Waals surface area contributed by atoms with E-state index in [9.17, 15) is 9.59 Å². The molecule has 0 radical (unpaired) electrons. The van der Waals surface area contributed by atoms with Crippen LogP contribution in [0.25, 0.3) is 0 Å². The number of hydrogen-bond donors (Lipinski definition) is 3. The minimum atomic E-state index is -0.316. The van der Waals surface area contributed by atoms with E-state index < -0.39 is 0 Å². The summed E-state index contributed by atoms with van der Waals surface area (Å²) >= 11 is 4.88. The first kappa shape index (κ1) is 17.6. The van der Waals surface area contributed by atoms with E-state index in [0.717, 1.165) is 31.4 Å². The third-order valence-corrected chi connectivity index (χ3v) is 4.50. The Morgan fingerprint density at radius 1 is 1.35 bits per heavy atom. The molecule has 1 fully saturated rings. The number of aromatic nitrogens is 2. The van der Waals surface area contributed by atoms with Gasteiger partial charge < -0.3 is 4.98 Å². The Bertz CT molecular complexity index is 674. The predicted octanol–water partition coefficient (Wildman–Crippen LogP) is 2.68. The molecule has 0 bridgehead atoms. The first-order chi connectivity index (χ1) is 10.7. The minimum Gasteiger partial charge on any atom is -0.335 e. The zero-order chi connectivity index (χ0) is 17.0. The number of carbonyl (C=O) groups is 1. The Balaban J connectivity index is 1.87. The lowest BCUT2D eigenvalue weighted by Gasteiger charge is -2.34. The summed E-state index contributed by atoms with van der Waals surface area (Å²) in [6, 6.07) is 1.33. The molecule has 1 saturated carbocycles. The van der Waals surface area contributed by atoms with E-state index in [4.69, 9.17) is 12.2 Å². The summed E-state index contributed by atoms with van der Waals surface area (Å²) < 4.78 is 0.215. The molecule has 1 aromatic heterocycles. The van der Waals surface area contributed by atoms with Gasteiger partial charge in [0.05, 0.1) is 6.42 Å². The molecule has 3 N–H and O–H groups in total. The molecule has 0 saturated heterocycles.